The van der Waals surface area contributed by atoms with Gasteiger partial charge >= 0.3 is 12.4 Å². The van der Waals surface area contributed by atoms with Crippen LogP contribution in [0.3, 0.4) is 0 Å². The van der Waals surface area contributed by atoms with E-state index in [4.69, 9.17) is 0 Å². The second kappa shape index (κ2) is 8.20. The van der Waals surface area contributed by atoms with Crippen LogP contribution in [0.25, 0.3) is 0 Å². The van der Waals surface area contributed by atoms with Crippen molar-refractivity contribution in [3.63, 3.8) is 0 Å². The Labute approximate surface area is 176 Å². The summed E-state index contributed by atoms with van der Waals surface area (Å²) in [6.07, 6.45) is -10.4. The predicted molar refractivity (Wildman–Crippen MR) is 96.0 cm³/mol. The normalized spacial score (nSPS) is 16.2. The molecule has 3 rings (SSSR count). The lowest BCUT2D eigenvalue weighted by atomic mass is 10.1. The van der Waals surface area contributed by atoms with Crippen LogP contribution in [-0.2, 0) is 22.4 Å². The highest BCUT2D eigenvalue weighted by Gasteiger charge is 2.39. The van der Waals surface area contributed by atoms with E-state index in [9.17, 15) is 44.3 Å². The van der Waals surface area contributed by atoms with Gasteiger partial charge in [0, 0.05) is 32.2 Å². The number of sulfonamides is 1. The summed E-state index contributed by atoms with van der Waals surface area (Å²) in [6.45, 7) is -1.11. The molecule has 15 heteroatoms. The Balaban J connectivity index is 1.84. The van der Waals surface area contributed by atoms with Crippen molar-refractivity contribution < 1.29 is 39.6 Å². The van der Waals surface area contributed by atoms with E-state index in [0.29, 0.717) is 4.31 Å². The lowest BCUT2D eigenvalue weighted by molar-refractivity contribution is -0.143. The second-order valence-corrected chi connectivity index (χ2v) is 8.68. The minimum absolute atomic E-state index is 0.117. The van der Waals surface area contributed by atoms with Crippen LogP contribution < -0.4 is 5.56 Å². The molecule has 32 heavy (non-hydrogen) atoms. The summed E-state index contributed by atoms with van der Waals surface area (Å²) in [5, 5.41) is 5.63. The average molecular weight is 484 g/mol. The number of piperazine rings is 1. The molecular weight excluding hydrogens is 470 g/mol. The molecule has 0 unspecified atom stereocenters. The summed E-state index contributed by atoms with van der Waals surface area (Å²) < 4.78 is 105. The Morgan fingerprint density at radius 2 is 1.44 bits per heavy atom. The fourth-order valence-corrected chi connectivity index (χ4v) is 4.48. The first-order chi connectivity index (χ1) is 14.7. The van der Waals surface area contributed by atoms with E-state index in [0.717, 1.165) is 12.1 Å². The molecule has 174 valence electrons. The van der Waals surface area contributed by atoms with E-state index >= 15 is 0 Å². The predicted octanol–water partition coefficient (Wildman–Crippen LogP) is 1.95. The van der Waals surface area contributed by atoms with Crippen LogP contribution in [-0.4, -0.2) is 59.9 Å². The number of rotatable bonds is 3. The number of hydrogen-bond donors (Lipinski definition) is 1. The van der Waals surface area contributed by atoms with Gasteiger partial charge < -0.3 is 4.90 Å². The Kier molecular flexibility index (Phi) is 6.08. The molecule has 2 heterocycles. The molecule has 0 radical (unpaired) electrons. The zero-order chi connectivity index (χ0) is 23.9. The van der Waals surface area contributed by atoms with Gasteiger partial charge in [0.25, 0.3) is 11.5 Å². The van der Waals surface area contributed by atoms with E-state index in [1.807, 2.05) is 0 Å². The third-order valence-electron chi connectivity index (χ3n) is 4.62. The number of alkyl halides is 6. The van der Waals surface area contributed by atoms with Gasteiger partial charge in [0.2, 0.25) is 10.0 Å². The first kappa shape index (κ1) is 23.7. The molecular formula is C17H14F6N4O4S. The first-order valence-corrected chi connectivity index (χ1v) is 10.3. The van der Waals surface area contributed by atoms with Crippen molar-refractivity contribution >= 4 is 15.9 Å². The van der Waals surface area contributed by atoms with Crippen molar-refractivity contribution in [2.24, 2.45) is 0 Å². The molecule has 0 aliphatic carbocycles. The van der Waals surface area contributed by atoms with E-state index in [1.165, 1.54) is 4.90 Å². The third-order valence-corrected chi connectivity index (χ3v) is 6.50. The zero-order valence-electron chi connectivity index (χ0n) is 15.9. The van der Waals surface area contributed by atoms with E-state index in [1.54, 1.807) is 0 Å². The smallest absolute Gasteiger partial charge is 0.335 e. The Morgan fingerprint density at radius 1 is 0.906 bits per heavy atom. The highest BCUT2D eigenvalue weighted by molar-refractivity contribution is 7.89. The van der Waals surface area contributed by atoms with Gasteiger partial charge in [-0.25, -0.2) is 13.5 Å². The molecule has 1 aliphatic rings. The maximum atomic E-state index is 13.0. The van der Waals surface area contributed by atoms with Crippen LogP contribution in [0.4, 0.5) is 26.3 Å². The minimum atomic E-state index is -5.19. The molecule has 1 N–H and O–H groups in total. The van der Waals surface area contributed by atoms with Gasteiger partial charge in [-0.1, -0.05) is 0 Å². The number of benzene rings is 1. The SMILES string of the molecule is O=C(c1ccc(=O)[nH]n1)N1CCN(S(=O)(=O)c2cc(C(F)(F)F)cc(C(F)(F)F)c2)CC1. The summed E-state index contributed by atoms with van der Waals surface area (Å²) in [5.41, 5.74) is -4.15. The number of aromatic amines is 1. The summed E-state index contributed by atoms with van der Waals surface area (Å²) >= 11 is 0. The summed E-state index contributed by atoms with van der Waals surface area (Å²) in [5.74, 6) is -0.628. The molecule has 0 bridgehead atoms. The maximum absolute atomic E-state index is 13.0. The fourth-order valence-electron chi connectivity index (χ4n) is 2.98. The van der Waals surface area contributed by atoms with E-state index in [-0.39, 0.29) is 50.1 Å². The van der Waals surface area contributed by atoms with Gasteiger partial charge in [0.1, 0.15) is 5.69 Å². The lowest BCUT2D eigenvalue weighted by Crippen LogP contribution is -2.50. The van der Waals surface area contributed by atoms with E-state index in [2.05, 4.69) is 10.2 Å². The van der Waals surface area contributed by atoms with E-state index < -0.39 is 49.9 Å². The maximum Gasteiger partial charge on any atom is 0.416 e. The number of nitrogens with one attached hydrogen (secondary N) is 1. The Morgan fingerprint density at radius 3 is 1.88 bits per heavy atom. The van der Waals surface area contributed by atoms with Crippen LogP contribution >= 0.6 is 0 Å². The molecule has 1 aromatic heterocycles. The lowest BCUT2D eigenvalue weighted by Gasteiger charge is -2.34. The van der Waals surface area contributed by atoms with Crippen molar-refractivity contribution in [3.05, 3.63) is 57.5 Å². The molecule has 1 saturated heterocycles. The zero-order valence-corrected chi connectivity index (χ0v) is 16.7. The molecule has 8 nitrogen and oxygen atoms in total. The topological polar surface area (TPSA) is 103 Å². The summed E-state index contributed by atoms with van der Waals surface area (Å²) in [4.78, 5) is 23.4. The molecule has 1 fully saturated rings. The standard InChI is InChI=1S/C17H14F6N4O4S/c18-16(19,20)10-7-11(17(21,22)23)9-12(8-10)32(30,31)27-5-3-26(4-6-27)15(29)13-1-2-14(28)25-24-13/h1-2,7-9H,3-6H2,(H,25,28). The van der Waals surface area contributed by atoms with Crippen LogP contribution in [0.5, 0.6) is 0 Å². The third kappa shape index (κ3) is 4.93. The number of nitrogens with zero attached hydrogens (tertiary/aromatic N) is 3. The highest BCUT2D eigenvalue weighted by atomic mass is 32.2. The van der Waals surface area contributed by atoms with Gasteiger partial charge in [0.15, 0.2) is 0 Å². The minimum Gasteiger partial charge on any atom is -0.335 e. The summed E-state index contributed by atoms with van der Waals surface area (Å²) in [7, 11) is -4.71. The molecule has 1 amide bonds. The Bertz CT molecular complexity index is 1130. The monoisotopic (exact) mass is 484 g/mol. The van der Waals surface area contributed by atoms with Crippen molar-refractivity contribution in [1.82, 2.24) is 19.4 Å². The number of carbonyl (C=O) groups is 1. The van der Waals surface area contributed by atoms with Crippen molar-refractivity contribution in [2.75, 3.05) is 26.2 Å². The average Bonchev–Trinajstić information content (AvgIpc) is 2.72. The van der Waals surface area contributed by atoms with Gasteiger partial charge in [-0.2, -0.15) is 35.7 Å². The number of amides is 1. The number of H-pyrrole nitrogens is 1. The van der Waals surface area contributed by atoms with Crippen LogP contribution in [0.2, 0.25) is 0 Å². The van der Waals surface area contributed by atoms with Gasteiger partial charge in [-0.3, -0.25) is 9.59 Å². The van der Waals surface area contributed by atoms with Crippen LogP contribution in [0.1, 0.15) is 21.6 Å². The van der Waals surface area contributed by atoms with Gasteiger partial charge in [0.05, 0.1) is 16.0 Å². The molecule has 0 spiro atoms. The van der Waals surface area contributed by atoms with Crippen LogP contribution in [0, 0.1) is 0 Å². The fraction of sp³-hybridized carbons (Fsp3) is 0.353. The molecule has 1 aromatic carbocycles. The van der Waals surface area contributed by atoms with Crippen molar-refractivity contribution in [2.45, 2.75) is 17.2 Å². The molecule has 0 atom stereocenters. The quantitative estimate of drug-likeness (QED) is 0.671. The van der Waals surface area contributed by atoms with Gasteiger partial charge in [-0.05, 0) is 24.3 Å². The number of aromatic nitrogens is 2. The molecule has 1 aliphatic heterocycles. The first-order valence-electron chi connectivity index (χ1n) is 8.84. The molecule has 0 saturated carbocycles. The second-order valence-electron chi connectivity index (χ2n) is 6.74. The summed E-state index contributed by atoms with van der Waals surface area (Å²) in [6, 6.07) is 2.35. The van der Waals surface area contributed by atoms with Crippen molar-refractivity contribution in [3.8, 4) is 0 Å². The Hall–Kier alpha value is -2.94. The largest absolute Gasteiger partial charge is 0.416 e. The highest BCUT2D eigenvalue weighted by Crippen LogP contribution is 2.37. The van der Waals surface area contributed by atoms with Gasteiger partial charge in [-0.15, -0.1) is 0 Å². The van der Waals surface area contributed by atoms with Crippen molar-refractivity contribution in [1.29, 1.82) is 0 Å². The number of halogens is 6. The number of carbonyl (C=O) groups excluding carboxylic acids is 1. The number of hydrogen-bond acceptors (Lipinski definition) is 5. The van der Waals surface area contributed by atoms with Crippen LogP contribution in [0.15, 0.2) is 40.0 Å². The molecule has 2 aromatic rings.